The third-order valence-corrected chi connectivity index (χ3v) is 5.65. The summed E-state index contributed by atoms with van der Waals surface area (Å²) >= 11 is 0. The largest absolute Gasteiger partial charge is 0.494 e. The second-order valence-corrected chi connectivity index (χ2v) is 9.03. The van der Waals surface area contributed by atoms with Crippen LogP contribution in [0.4, 0.5) is 23.0 Å². The molecule has 0 aliphatic rings. The van der Waals surface area contributed by atoms with E-state index in [0.29, 0.717) is 34.1 Å². The first-order valence-corrected chi connectivity index (χ1v) is 11.9. The first-order valence-electron chi connectivity index (χ1n) is 11.9. The number of aromatic nitrogens is 3. The van der Waals surface area contributed by atoms with Crippen LogP contribution in [0.3, 0.4) is 0 Å². The maximum absolute atomic E-state index is 12.4. The van der Waals surface area contributed by atoms with Crippen molar-refractivity contribution in [3.05, 3.63) is 60.9 Å². The van der Waals surface area contributed by atoms with Gasteiger partial charge in [-0.15, -0.1) is 0 Å². The van der Waals surface area contributed by atoms with E-state index < -0.39 is 0 Å². The lowest BCUT2D eigenvalue weighted by atomic mass is 10.1. The van der Waals surface area contributed by atoms with Gasteiger partial charge in [-0.2, -0.15) is 4.98 Å². The smallest absolute Gasteiger partial charge is 0.253 e. The second-order valence-electron chi connectivity index (χ2n) is 9.03. The SMILES string of the molecule is C=CC(=O)Nc1cc(Nc2ncnc(-c3cccc(C(=O)N(C)C)c3)n2)c(OC)cc1N(C)CCN(C)C. The molecule has 1 heterocycles. The number of hydrogen-bond acceptors (Lipinski definition) is 9. The number of anilines is 4. The molecule has 38 heavy (non-hydrogen) atoms. The molecule has 0 radical (unpaired) electrons. The summed E-state index contributed by atoms with van der Waals surface area (Å²) in [6, 6.07) is 10.7. The predicted octanol–water partition coefficient (Wildman–Crippen LogP) is 3.11. The molecular weight excluding hydrogens is 484 g/mol. The molecule has 0 unspecified atom stereocenters. The van der Waals surface area contributed by atoms with Crippen LogP contribution in [-0.2, 0) is 4.79 Å². The minimum atomic E-state index is -0.335. The van der Waals surface area contributed by atoms with Gasteiger partial charge < -0.3 is 30.1 Å². The Balaban J connectivity index is 1.97. The lowest BCUT2D eigenvalue weighted by Crippen LogP contribution is -2.29. The molecule has 0 aliphatic heterocycles. The van der Waals surface area contributed by atoms with Crippen LogP contribution in [-0.4, -0.2) is 92.0 Å². The van der Waals surface area contributed by atoms with Crippen molar-refractivity contribution in [3.63, 3.8) is 0 Å². The van der Waals surface area contributed by atoms with Crippen molar-refractivity contribution in [1.82, 2.24) is 24.8 Å². The van der Waals surface area contributed by atoms with Crippen molar-refractivity contribution >= 4 is 34.8 Å². The third-order valence-electron chi connectivity index (χ3n) is 5.65. The van der Waals surface area contributed by atoms with E-state index in [2.05, 4.69) is 37.1 Å². The maximum atomic E-state index is 12.4. The van der Waals surface area contributed by atoms with Gasteiger partial charge in [0.25, 0.3) is 5.91 Å². The van der Waals surface area contributed by atoms with E-state index in [9.17, 15) is 9.59 Å². The van der Waals surface area contributed by atoms with E-state index in [1.165, 1.54) is 17.3 Å². The highest BCUT2D eigenvalue weighted by Gasteiger charge is 2.17. The van der Waals surface area contributed by atoms with Gasteiger partial charge in [-0.25, -0.2) is 9.97 Å². The number of nitrogens with one attached hydrogen (secondary N) is 2. The van der Waals surface area contributed by atoms with Crippen LogP contribution in [0.2, 0.25) is 0 Å². The molecule has 0 fully saturated rings. The lowest BCUT2D eigenvalue weighted by Gasteiger charge is -2.26. The molecule has 0 saturated heterocycles. The fourth-order valence-electron chi connectivity index (χ4n) is 3.57. The zero-order valence-electron chi connectivity index (χ0n) is 22.6. The van der Waals surface area contributed by atoms with Crippen molar-refractivity contribution in [2.45, 2.75) is 0 Å². The molecule has 11 heteroatoms. The molecule has 0 atom stereocenters. The Kier molecular flexibility index (Phi) is 9.33. The fourth-order valence-corrected chi connectivity index (χ4v) is 3.57. The van der Waals surface area contributed by atoms with Crippen LogP contribution in [0.15, 0.2) is 55.4 Å². The monoisotopic (exact) mass is 518 g/mol. The van der Waals surface area contributed by atoms with E-state index in [1.54, 1.807) is 45.5 Å². The standard InChI is InChI=1S/C27H34N8O3/c1-8-24(36)30-20-15-21(23(38-7)16-22(20)35(6)13-12-33(2)3)31-27-29-17-28-25(32-27)18-10-9-11-19(14-18)26(37)34(4)5/h8-11,14-17H,1,12-13H2,2-7H3,(H,30,36)(H,28,29,31,32). The first kappa shape index (κ1) is 28.1. The van der Waals surface area contributed by atoms with Crippen LogP contribution < -0.4 is 20.3 Å². The Labute approximate surface area is 223 Å². The summed E-state index contributed by atoms with van der Waals surface area (Å²) in [7, 11) is 10.9. The predicted molar refractivity (Wildman–Crippen MR) is 150 cm³/mol. The summed E-state index contributed by atoms with van der Waals surface area (Å²) < 4.78 is 5.65. The van der Waals surface area contributed by atoms with Crippen LogP contribution in [0.25, 0.3) is 11.4 Å². The molecule has 3 aromatic rings. The van der Waals surface area contributed by atoms with Crippen LogP contribution in [0, 0.1) is 0 Å². The van der Waals surface area contributed by atoms with E-state index in [-0.39, 0.29) is 17.8 Å². The van der Waals surface area contributed by atoms with Gasteiger partial charge in [0.15, 0.2) is 5.82 Å². The van der Waals surface area contributed by atoms with Gasteiger partial charge in [0.05, 0.1) is 24.2 Å². The minimum Gasteiger partial charge on any atom is -0.494 e. The summed E-state index contributed by atoms with van der Waals surface area (Å²) in [5.74, 6) is 0.753. The van der Waals surface area contributed by atoms with Crippen LogP contribution >= 0.6 is 0 Å². The molecule has 2 aromatic carbocycles. The molecule has 1 aromatic heterocycles. The number of carbonyl (C=O) groups excluding carboxylic acids is 2. The number of benzene rings is 2. The molecule has 0 saturated carbocycles. The first-order chi connectivity index (χ1) is 18.1. The number of amides is 2. The molecule has 200 valence electrons. The van der Waals surface area contributed by atoms with Gasteiger partial charge in [-0.1, -0.05) is 18.7 Å². The molecule has 11 nitrogen and oxygen atoms in total. The topological polar surface area (TPSA) is 116 Å². The number of ether oxygens (including phenoxy) is 1. The molecule has 0 aliphatic carbocycles. The van der Waals surface area contributed by atoms with Crippen molar-refractivity contribution in [1.29, 1.82) is 0 Å². The molecule has 2 N–H and O–H groups in total. The number of likely N-dealkylation sites (N-methyl/N-ethyl adjacent to an activating group) is 2. The van der Waals surface area contributed by atoms with Crippen molar-refractivity contribution in [2.24, 2.45) is 0 Å². The average Bonchev–Trinajstić information content (AvgIpc) is 2.91. The van der Waals surface area contributed by atoms with Gasteiger partial charge in [0.1, 0.15) is 12.1 Å². The number of nitrogens with zero attached hydrogens (tertiary/aromatic N) is 6. The van der Waals surface area contributed by atoms with Crippen molar-refractivity contribution < 1.29 is 14.3 Å². The Morgan fingerprint density at radius 3 is 2.45 bits per heavy atom. The highest BCUT2D eigenvalue weighted by atomic mass is 16.5. The zero-order chi connectivity index (χ0) is 27.8. The van der Waals surface area contributed by atoms with Crippen molar-refractivity contribution in [3.8, 4) is 17.1 Å². The summed E-state index contributed by atoms with van der Waals surface area (Å²) in [6.45, 7) is 5.11. The van der Waals surface area contributed by atoms with Gasteiger partial charge in [0.2, 0.25) is 11.9 Å². The van der Waals surface area contributed by atoms with Gasteiger partial charge in [-0.05, 0) is 38.4 Å². The summed E-state index contributed by atoms with van der Waals surface area (Å²) in [5, 5.41) is 6.04. The van der Waals surface area contributed by atoms with Gasteiger partial charge in [0, 0.05) is 51.4 Å². The summed E-state index contributed by atoms with van der Waals surface area (Å²) in [6.07, 6.45) is 2.61. The number of rotatable bonds is 11. The van der Waals surface area contributed by atoms with Crippen LogP contribution in [0.1, 0.15) is 10.4 Å². The molecule has 0 bridgehead atoms. The number of hydrogen-bond donors (Lipinski definition) is 2. The Morgan fingerprint density at radius 1 is 1.03 bits per heavy atom. The summed E-state index contributed by atoms with van der Waals surface area (Å²) in [4.78, 5) is 43.3. The van der Waals surface area contributed by atoms with Gasteiger partial charge >= 0.3 is 0 Å². The fraction of sp³-hybridized carbons (Fsp3) is 0.296. The Morgan fingerprint density at radius 2 is 1.79 bits per heavy atom. The highest BCUT2D eigenvalue weighted by molar-refractivity contribution is 6.02. The Bertz CT molecular complexity index is 1310. The molecule has 3 rings (SSSR count). The van der Waals surface area contributed by atoms with Crippen LogP contribution in [0.5, 0.6) is 5.75 Å². The third kappa shape index (κ3) is 7.04. The highest BCUT2D eigenvalue weighted by Crippen LogP contribution is 2.38. The molecule has 2 amide bonds. The van der Waals surface area contributed by atoms with E-state index in [0.717, 1.165) is 18.8 Å². The van der Waals surface area contributed by atoms with E-state index in [4.69, 9.17) is 4.74 Å². The van der Waals surface area contributed by atoms with E-state index >= 15 is 0 Å². The summed E-state index contributed by atoms with van der Waals surface area (Å²) in [5.41, 5.74) is 3.10. The Hall–Kier alpha value is -4.51. The zero-order valence-corrected chi connectivity index (χ0v) is 22.6. The number of methoxy groups -OCH3 is 1. The lowest BCUT2D eigenvalue weighted by molar-refractivity contribution is -0.111. The average molecular weight is 519 g/mol. The quantitative estimate of drug-likeness (QED) is 0.369. The second kappa shape index (κ2) is 12.6. The normalized spacial score (nSPS) is 10.6. The molecular formula is C27H34N8O3. The number of carbonyl (C=O) groups is 2. The minimum absolute atomic E-state index is 0.117. The van der Waals surface area contributed by atoms with Crippen molar-refractivity contribution in [2.75, 3.05) is 71.0 Å². The maximum Gasteiger partial charge on any atom is 0.253 e. The molecule has 0 spiro atoms. The van der Waals surface area contributed by atoms with Gasteiger partial charge in [-0.3, -0.25) is 9.59 Å². The van der Waals surface area contributed by atoms with E-state index in [1.807, 2.05) is 38.2 Å².